The lowest BCUT2D eigenvalue weighted by atomic mass is 9.98. The van der Waals surface area contributed by atoms with E-state index in [4.69, 9.17) is 4.74 Å². The number of ether oxygens (including phenoxy) is 1. The van der Waals surface area contributed by atoms with Crippen LogP contribution in [0.4, 0.5) is 5.69 Å². The van der Waals surface area contributed by atoms with E-state index in [1.165, 1.54) is 49.7 Å². The molecule has 0 spiro atoms. The highest BCUT2D eigenvalue weighted by Gasteiger charge is 2.19. The van der Waals surface area contributed by atoms with Crippen molar-refractivity contribution >= 4 is 27.5 Å². The van der Waals surface area contributed by atoms with E-state index in [1.807, 2.05) is 0 Å². The fourth-order valence-electron chi connectivity index (χ4n) is 4.97. The number of aromatic nitrogens is 3. The van der Waals surface area contributed by atoms with Crippen molar-refractivity contribution in [2.24, 2.45) is 14.1 Å². The number of anilines is 1. The van der Waals surface area contributed by atoms with Crippen LogP contribution in [0.1, 0.15) is 0 Å². The molecule has 2 aromatic carbocycles. The molecule has 5 nitrogen and oxygen atoms in total. The number of aromatic amines is 1. The summed E-state index contributed by atoms with van der Waals surface area (Å²) in [5.74, 6) is 0. The molecule has 1 aliphatic heterocycles. The summed E-state index contributed by atoms with van der Waals surface area (Å²) in [7, 11) is 4.25. The Kier molecular flexibility index (Phi) is 4.18. The Balaban J connectivity index is 1.49. The number of para-hydroxylation sites is 1. The summed E-state index contributed by atoms with van der Waals surface area (Å²) in [5.41, 5.74) is 8.77. The maximum atomic E-state index is 5.52. The fraction of sp³-hybridized carbons (Fsp3) is 0.231. The summed E-state index contributed by atoms with van der Waals surface area (Å²) in [5, 5.41) is 2.56. The predicted octanol–water partition coefficient (Wildman–Crippen LogP) is 5.17. The molecule has 31 heavy (non-hydrogen) atoms. The van der Waals surface area contributed by atoms with Crippen LogP contribution < -0.4 is 4.90 Å². The van der Waals surface area contributed by atoms with E-state index in [2.05, 4.69) is 100 Å². The summed E-state index contributed by atoms with van der Waals surface area (Å²) in [6.45, 7) is 3.50. The number of hydrogen-bond acceptors (Lipinski definition) is 2. The zero-order valence-corrected chi connectivity index (χ0v) is 17.9. The van der Waals surface area contributed by atoms with E-state index in [0.717, 1.165) is 26.3 Å². The minimum absolute atomic E-state index is 0.800. The van der Waals surface area contributed by atoms with Crippen LogP contribution in [-0.4, -0.2) is 40.4 Å². The molecule has 1 N–H and O–H groups in total. The van der Waals surface area contributed by atoms with E-state index < -0.39 is 0 Å². The van der Waals surface area contributed by atoms with Gasteiger partial charge < -0.3 is 23.8 Å². The standard InChI is InChI=1S/C26H26N4O/c1-28-16-23(19-5-3-4-6-25(19)28)21-14-27-15-22(21)24-17-29(2)26-13-18(7-8-20(24)26)30-9-11-31-12-10-30/h3-8,13-17,27H,9-12H2,1-2H3. The van der Waals surface area contributed by atoms with Gasteiger partial charge in [0.1, 0.15) is 0 Å². The lowest BCUT2D eigenvalue weighted by molar-refractivity contribution is 0.122. The van der Waals surface area contributed by atoms with Crippen LogP contribution in [0, 0.1) is 0 Å². The topological polar surface area (TPSA) is 38.1 Å². The summed E-state index contributed by atoms with van der Waals surface area (Å²) < 4.78 is 9.97. The molecular weight excluding hydrogens is 384 g/mol. The fourth-order valence-corrected chi connectivity index (χ4v) is 4.97. The monoisotopic (exact) mass is 410 g/mol. The van der Waals surface area contributed by atoms with Gasteiger partial charge in [-0.05, 0) is 18.2 Å². The van der Waals surface area contributed by atoms with Crippen molar-refractivity contribution in [1.82, 2.24) is 14.1 Å². The minimum atomic E-state index is 0.800. The molecule has 0 aliphatic carbocycles. The van der Waals surface area contributed by atoms with Crippen molar-refractivity contribution in [3.05, 3.63) is 67.3 Å². The number of morpholine rings is 1. The van der Waals surface area contributed by atoms with Crippen LogP contribution in [0.25, 0.3) is 44.1 Å². The largest absolute Gasteiger partial charge is 0.378 e. The Bertz CT molecular complexity index is 1400. The number of nitrogens with one attached hydrogen (secondary N) is 1. The van der Waals surface area contributed by atoms with E-state index in [9.17, 15) is 0 Å². The van der Waals surface area contributed by atoms with E-state index in [0.29, 0.717) is 0 Å². The molecule has 3 aromatic heterocycles. The number of nitrogens with zero attached hydrogens (tertiary/aromatic N) is 3. The molecule has 0 unspecified atom stereocenters. The molecule has 0 radical (unpaired) electrons. The second-order valence-corrected chi connectivity index (χ2v) is 8.41. The molecule has 5 aromatic rings. The molecule has 0 saturated carbocycles. The van der Waals surface area contributed by atoms with Crippen molar-refractivity contribution in [2.45, 2.75) is 0 Å². The van der Waals surface area contributed by atoms with Crippen LogP contribution in [0.5, 0.6) is 0 Å². The normalized spacial score (nSPS) is 14.7. The first-order valence-electron chi connectivity index (χ1n) is 10.8. The van der Waals surface area contributed by atoms with Crippen LogP contribution in [0.3, 0.4) is 0 Å². The Morgan fingerprint density at radius 3 is 2.13 bits per heavy atom. The average Bonchev–Trinajstić information content (AvgIpc) is 3.50. The number of rotatable bonds is 3. The lowest BCUT2D eigenvalue weighted by Crippen LogP contribution is -2.36. The van der Waals surface area contributed by atoms with Gasteiger partial charge >= 0.3 is 0 Å². The van der Waals surface area contributed by atoms with Gasteiger partial charge in [0.25, 0.3) is 0 Å². The number of hydrogen-bond donors (Lipinski definition) is 1. The molecule has 0 bridgehead atoms. The molecule has 5 heteroatoms. The van der Waals surface area contributed by atoms with Crippen molar-refractivity contribution in [2.75, 3.05) is 31.2 Å². The zero-order valence-electron chi connectivity index (χ0n) is 17.9. The zero-order chi connectivity index (χ0) is 20.9. The van der Waals surface area contributed by atoms with Crippen LogP contribution >= 0.6 is 0 Å². The summed E-state index contributed by atoms with van der Waals surface area (Å²) >= 11 is 0. The maximum Gasteiger partial charge on any atom is 0.0642 e. The highest BCUT2D eigenvalue weighted by molar-refractivity contribution is 6.05. The Morgan fingerprint density at radius 1 is 0.742 bits per heavy atom. The van der Waals surface area contributed by atoms with Crippen molar-refractivity contribution in [1.29, 1.82) is 0 Å². The second-order valence-electron chi connectivity index (χ2n) is 8.41. The van der Waals surface area contributed by atoms with E-state index in [-0.39, 0.29) is 0 Å². The van der Waals surface area contributed by atoms with Gasteiger partial charge in [0.2, 0.25) is 0 Å². The Labute approximate surface area is 181 Å². The first kappa shape index (κ1) is 18.3. The first-order valence-corrected chi connectivity index (χ1v) is 10.8. The third-order valence-electron chi connectivity index (χ3n) is 6.57. The highest BCUT2D eigenvalue weighted by atomic mass is 16.5. The van der Waals surface area contributed by atoms with Crippen LogP contribution in [0.15, 0.2) is 67.3 Å². The third-order valence-corrected chi connectivity index (χ3v) is 6.57. The van der Waals surface area contributed by atoms with Gasteiger partial charge in [0.15, 0.2) is 0 Å². The lowest BCUT2D eigenvalue weighted by Gasteiger charge is -2.29. The molecule has 4 heterocycles. The molecule has 6 rings (SSSR count). The molecule has 1 aliphatic rings. The minimum Gasteiger partial charge on any atom is -0.378 e. The summed E-state index contributed by atoms with van der Waals surface area (Å²) in [6.07, 6.45) is 8.74. The van der Waals surface area contributed by atoms with Crippen molar-refractivity contribution < 1.29 is 4.74 Å². The van der Waals surface area contributed by atoms with Gasteiger partial charge in [-0.2, -0.15) is 0 Å². The molecular formula is C26H26N4O. The van der Waals surface area contributed by atoms with Crippen LogP contribution in [-0.2, 0) is 18.8 Å². The van der Waals surface area contributed by atoms with E-state index in [1.54, 1.807) is 0 Å². The van der Waals surface area contributed by atoms with Gasteiger partial charge in [-0.25, -0.2) is 0 Å². The maximum absolute atomic E-state index is 5.52. The SMILES string of the molecule is Cn1cc(-c2c[nH]cc2-c2cn(C)c3cc(N4CCOCC4)ccc23)c2ccccc21. The molecule has 0 amide bonds. The van der Waals surface area contributed by atoms with Gasteiger partial charge in [-0.15, -0.1) is 0 Å². The quantitative estimate of drug-likeness (QED) is 0.446. The number of aryl methyl sites for hydroxylation is 2. The Morgan fingerprint density at radius 2 is 1.39 bits per heavy atom. The molecule has 1 saturated heterocycles. The highest BCUT2D eigenvalue weighted by Crippen LogP contribution is 2.40. The van der Waals surface area contributed by atoms with Crippen molar-refractivity contribution in [3.63, 3.8) is 0 Å². The predicted molar refractivity (Wildman–Crippen MR) is 128 cm³/mol. The van der Waals surface area contributed by atoms with Gasteiger partial charge in [-0.1, -0.05) is 24.3 Å². The second kappa shape index (κ2) is 7.06. The van der Waals surface area contributed by atoms with Gasteiger partial charge in [0, 0.05) is 96.2 Å². The average molecular weight is 411 g/mol. The third kappa shape index (κ3) is 2.88. The van der Waals surface area contributed by atoms with Crippen molar-refractivity contribution in [3.8, 4) is 22.3 Å². The molecule has 156 valence electrons. The van der Waals surface area contributed by atoms with E-state index >= 15 is 0 Å². The van der Waals surface area contributed by atoms with Crippen LogP contribution in [0.2, 0.25) is 0 Å². The Hall–Kier alpha value is -3.44. The molecule has 1 fully saturated rings. The number of benzene rings is 2. The van der Waals surface area contributed by atoms with Gasteiger partial charge in [0.05, 0.1) is 18.7 Å². The number of fused-ring (bicyclic) bond motifs is 2. The molecule has 0 atom stereocenters. The summed E-state index contributed by atoms with van der Waals surface area (Å²) in [6, 6.07) is 15.4. The summed E-state index contributed by atoms with van der Waals surface area (Å²) in [4.78, 5) is 5.78. The smallest absolute Gasteiger partial charge is 0.0642 e. The number of H-pyrrole nitrogens is 1. The van der Waals surface area contributed by atoms with Gasteiger partial charge in [-0.3, -0.25) is 0 Å². The first-order chi connectivity index (χ1) is 15.2.